The van der Waals surface area contributed by atoms with Crippen molar-refractivity contribution in [1.29, 1.82) is 0 Å². The van der Waals surface area contributed by atoms with E-state index in [-0.39, 0.29) is 5.78 Å². The van der Waals surface area contributed by atoms with Gasteiger partial charge in [0.1, 0.15) is 5.78 Å². The molecule has 0 unspecified atom stereocenters. The first kappa shape index (κ1) is 20.2. The van der Waals surface area contributed by atoms with Crippen LogP contribution in [0.1, 0.15) is 54.6 Å². The van der Waals surface area contributed by atoms with Crippen molar-refractivity contribution in [2.75, 3.05) is 6.61 Å². The Morgan fingerprint density at radius 1 is 1.27 bits per heavy atom. The van der Waals surface area contributed by atoms with Gasteiger partial charge >= 0.3 is 0 Å². The Hall–Kier alpha value is -3.09. The maximum Gasteiger partial charge on any atom is 0.213 e. The quantitative estimate of drug-likeness (QED) is 0.541. The van der Waals surface area contributed by atoms with E-state index in [1.807, 2.05) is 50.0 Å². The van der Waals surface area contributed by atoms with Crippen LogP contribution >= 0.6 is 0 Å². The van der Waals surface area contributed by atoms with Gasteiger partial charge < -0.3 is 4.74 Å². The number of nitrogens with zero attached hydrogens (tertiary/aromatic N) is 5. The van der Waals surface area contributed by atoms with Crippen LogP contribution in [0.25, 0.3) is 11.3 Å². The molecule has 30 heavy (non-hydrogen) atoms. The first-order valence-corrected chi connectivity index (χ1v) is 10.5. The number of ether oxygens (including phenoxy) is 1. The van der Waals surface area contributed by atoms with Crippen molar-refractivity contribution in [3.63, 3.8) is 0 Å². The van der Waals surface area contributed by atoms with Gasteiger partial charge in [-0.25, -0.2) is 4.98 Å². The second kappa shape index (κ2) is 8.73. The van der Waals surface area contributed by atoms with Crippen LogP contribution in [0, 0.1) is 6.92 Å². The van der Waals surface area contributed by atoms with Crippen molar-refractivity contribution in [1.82, 2.24) is 25.0 Å². The molecule has 3 aromatic rings. The molecule has 4 rings (SSSR count). The summed E-state index contributed by atoms with van der Waals surface area (Å²) in [6, 6.07) is 5.72. The average molecular weight is 406 g/mol. The predicted molar refractivity (Wildman–Crippen MR) is 113 cm³/mol. The van der Waals surface area contributed by atoms with Crippen LogP contribution in [0.4, 0.5) is 0 Å². The Morgan fingerprint density at radius 3 is 2.83 bits per heavy atom. The van der Waals surface area contributed by atoms with Gasteiger partial charge in [0, 0.05) is 49.8 Å². The standard InChI is InChI=1S/C23H27N5O2/c1-4-30-21-13-16(9-10-24-21)12-19(29)8-7-18-11-15(2)22(26-25-18)20-14-28(3)27-23(20)17-5-6-17/h9-11,13-14,17H,4-8,12H2,1-3H3. The second-order valence-corrected chi connectivity index (χ2v) is 7.89. The maximum atomic E-state index is 12.4. The number of pyridine rings is 1. The van der Waals surface area contributed by atoms with Gasteiger partial charge in [-0.15, -0.1) is 5.10 Å². The third-order valence-corrected chi connectivity index (χ3v) is 5.26. The lowest BCUT2D eigenvalue weighted by Gasteiger charge is -2.07. The minimum absolute atomic E-state index is 0.162. The Labute approximate surface area is 176 Å². The third-order valence-electron chi connectivity index (χ3n) is 5.26. The predicted octanol–water partition coefficient (Wildman–Crippen LogP) is 3.60. The first-order chi connectivity index (χ1) is 14.5. The van der Waals surface area contributed by atoms with Gasteiger partial charge in [-0.2, -0.15) is 10.2 Å². The number of Topliss-reactive ketones (excluding diaryl/α,β-unsaturated/α-hetero) is 1. The number of aromatic nitrogens is 5. The summed E-state index contributed by atoms with van der Waals surface area (Å²) in [4.78, 5) is 16.6. The van der Waals surface area contributed by atoms with Gasteiger partial charge in [-0.05, 0) is 56.4 Å². The van der Waals surface area contributed by atoms with E-state index in [0.29, 0.717) is 37.7 Å². The lowest BCUT2D eigenvalue weighted by atomic mass is 10.0. The molecule has 0 atom stereocenters. The highest BCUT2D eigenvalue weighted by molar-refractivity contribution is 5.81. The molecule has 7 nitrogen and oxygen atoms in total. The van der Waals surface area contributed by atoms with Gasteiger partial charge in [-0.1, -0.05) is 0 Å². The summed E-state index contributed by atoms with van der Waals surface area (Å²) >= 11 is 0. The Morgan fingerprint density at radius 2 is 2.10 bits per heavy atom. The molecule has 0 N–H and O–H groups in total. The van der Waals surface area contributed by atoms with E-state index < -0.39 is 0 Å². The second-order valence-electron chi connectivity index (χ2n) is 7.89. The molecule has 7 heteroatoms. The number of carbonyl (C=O) groups is 1. The largest absolute Gasteiger partial charge is 0.478 e. The highest BCUT2D eigenvalue weighted by Gasteiger charge is 2.30. The highest BCUT2D eigenvalue weighted by atomic mass is 16.5. The van der Waals surface area contributed by atoms with E-state index in [9.17, 15) is 4.79 Å². The van der Waals surface area contributed by atoms with Crippen LogP contribution in [0.2, 0.25) is 0 Å². The molecule has 3 heterocycles. The van der Waals surface area contributed by atoms with Crippen molar-refractivity contribution in [3.8, 4) is 17.1 Å². The van der Waals surface area contributed by atoms with Crippen molar-refractivity contribution in [3.05, 3.63) is 53.1 Å². The minimum atomic E-state index is 0.162. The molecule has 0 aromatic carbocycles. The molecule has 0 bridgehead atoms. The van der Waals surface area contributed by atoms with Gasteiger partial charge in [0.25, 0.3) is 0 Å². The first-order valence-electron chi connectivity index (χ1n) is 10.5. The normalized spacial score (nSPS) is 13.4. The Kier molecular flexibility index (Phi) is 5.88. The van der Waals surface area contributed by atoms with Crippen LogP contribution in [-0.2, 0) is 24.7 Å². The fourth-order valence-electron chi connectivity index (χ4n) is 3.65. The van der Waals surface area contributed by atoms with Crippen LogP contribution in [0.3, 0.4) is 0 Å². The van der Waals surface area contributed by atoms with Crippen molar-refractivity contribution in [2.45, 2.75) is 51.9 Å². The molecular formula is C23H27N5O2. The molecule has 1 fully saturated rings. The maximum absolute atomic E-state index is 12.4. The van der Waals surface area contributed by atoms with E-state index in [0.717, 1.165) is 33.8 Å². The number of hydrogen-bond donors (Lipinski definition) is 0. The number of ketones is 1. The van der Waals surface area contributed by atoms with E-state index in [1.165, 1.54) is 12.8 Å². The topological polar surface area (TPSA) is 82.8 Å². The Balaban J connectivity index is 1.39. The number of rotatable bonds is 9. The van der Waals surface area contributed by atoms with E-state index in [1.54, 1.807) is 6.20 Å². The zero-order valence-electron chi connectivity index (χ0n) is 17.8. The monoisotopic (exact) mass is 405 g/mol. The lowest BCUT2D eigenvalue weighted by Crippen LogP contribution is -2.07. The molecule has 0 aliphatic heterocycles. The van der Waals surface area contributed by atoms with Crippen molar-refractivity contribution >= 4 is 5.78 Å². The minimum Gasteiger partial charge on any atom is -0.478 e. The van der Waals surface area contributed by atoms with Crippen LogP contribution in [0.5, 0.6) is 5.88 Å². The fraction of sp³-hybridized carbons (Fsp3) is 0.435. The molecule has 0 saturated heterocycles. The van der Waals surface area contributed by atoms with Crippen LogP contribution in [0.15, 0.2) is 30.6 Å². The number of aryl methyl sites for hydroxylation is 3. The summed E-state index contributed by atoms with van der Waals surface area (Å²) in [5.74, 6) is 1.27. The smallest absolute Gasteiger partial charge is 0.213 e. The highest BCUT2D eigenvalue weighted by Crippen LogP contribution is 2.43. The summed E-state index contributed by atoms with van der Waals surface area (Å²) in [6.45, 7) is 4.51. The van der Waals surface area contributed by atoms with Crippen LogP contribution in [-0.4, -0.2) is 37.4 Å². The average Bonchev–Trinajstić information content (AvgIpc) is 3.49. The summed E-state index contributed by atoms with van der Waals surface area (Å²) in [6.07, 6.45) is 7.47. The van der Waals surface area contributed by atoms with Gasteiger partial charge in [0.2, 0.25) is 5.88 Å². The summed E-state index contributed by atoms with van der Waals surface area (Å²) in [5, 5.41) is 13.5. The molecule has 1 saturated carbocycles. The zero-order valence-corrected chi connectivity index (χ0v) is 17.8. The fourth-order valence-corrected chi connectivity index (χ4v) is 3.65. The van der Waals surface area contributed by atoms with Gasteiger partial charge in [-0.3, -0.25) is 9.48 Å². The molecule has 0 amide bonds. The Bertz CT molecular complexity index is 1060. The molecular weight excluding hydrogens is 378 g/mol. The van der Waals surface area contributed by atoms with E-state index >= 15 is 0 Å². The lowest BCUT2D eigenvalue weighted by molar-refractivity contribution is -0.118. The molecule has 1 aliphatic carbocycles. The molecule has 3 aromatic heterocycles. The SMILES string of the molecule is CCOc1cc(CC(=O)CCc2cc(C)c(-c3cn(C)nc3C3CC3)nn2)ccn1. The molecule has 1 aliphatic rings. The molecule has 0 radical (unpaired) electrons. The number of carbonyl (C=O) groups excluding carboxylic acids is 1. The van der Waals surface area contributed by atoms with Crippen LogP contribution < -0.4 is 4.74 Å². The van der Waals surface area contributed by atoms with Gasteiger partial charge in [0.05, 0.1) is 23.7 Å². The van der Waals surface area contributed by atoms with E-state index in [4.69, 9.17) is 4.74 Å². The summed E-state index contributed by atoms with van der Waals surface area (Å²) < 4.78 is 7.25. The van der Waals surface area contributed by atoms with E-state index in [2.05, 4.69) is 20.3 Å². The number of hydrogen-bond acceptors (Lipinski definition) is 6. The van der Waals surface area contributed by atoms with Crippen molar-refractivity contribution in [2.24, 2.45) is 7.05 Å². The third kappa shape index (κ3) is 4.72. The molecule has 0 spiro atoms. The summed E-state index contributed by atoms with van der Waals surface area (Å²) in [7, 11) is 1.94. The van der Waals surface area contributed by atoms with Crippen molar-refractivity contribution < 1.29 is 9.53 Å². The van der Waals surface area contributed by atoms with Gasteiger partial charge in [0.15, 0.2) is 0 Å². The molecule has 156 valence electrons. The zero-order chi connectivity index (χ0) is 21.1. The summed E-state index contributed by atoms with van der Waals surface area (Å²) in [5.41, 5.74) is 5.92.